The predicted molar refractivity (Wildman–Crippen MR) is 116 cm³/mol. The van der Waals surface area contributed by atoms with Gasteiger partial charge < -0.3 is 15.4 Å². The quantitative estimate of drug-likeness (QED) is 0.658. The Labute approximate surface area is 178 Å². The molecule has 1 aliphatic heterocycles. The second-order valence-corrected chi connectivity index (χ2v) is 8.85. The van der Waals surface area contributed by atoms with E-state index >= 15 is 0 Å². The minimum Gasteiger partial charge on any atom is -0.486 e. The summed E-state index contributed by atoms with van der Waals surface area (Å²) < 4.78 is 5.97. The summed E-state index contributed by atoms with van der Waals surface area (Å²) in [6.45, 7) is 1.79. The third-order valence-corrected chi connectivity index (χ3v) is 6.12. The molecule has 0 radical (unpaired) electrons. The molecule has 1 aromatic heterocycles. The molecule has 2 heterocycles. The number of amides is 2. The number of nitrogens with one attached hydrogen (secondary N) is 2. The number of fused-ring (bicyclic) bond motifs is 1. The summed E-state index contributed by atoms with van der Waals surface area (Å²) in [5.41, 5.74) is 3.26. The average molecular weight is 439 g/mol. The normalized spacial score (nSPS) is 16.2. The van der Waals surface area contributed by atoms with Gasteiger partial charge in [-0.1, -0.05) is 11.6 Å². The highest BCUT2D eigenvalue weighted by atomic mass is 35.5. The molecule has 2 N–H and O–H groups in total. The van der Waals surface area contributed by atoms with E-state index in [0.717, 1.165) is 22.4 Å². The van der Waals surface area contributed by atoms with E-state index in [-0.39, 0.29) is 17.9 Å². The molecule has 150 valence electrons. The molecule has 5 nitrogen and oxygen atoms in total. The smallest absolute Gasteiger partial charge is 0.242 e. The number of hydrogen-bond acceptors (Lipinski definition) is 5. The Morgan fingerprint density at radius 2 is 2.21 bits per heavy atom. The van der Waals surface area contributed by atoms with Crippen molar-refractivity contribution in [3.05, 3.63) is 39.5 Å². The van der Waals surface area contributed by atoms with Gasteiger partial charge in [0.1, 0.15) is 17.9 Å². The number of thioether (sulfide) groups is 1. The minimum absolute atomic E-state index is 0.173. The molecule has 0 saturated carbocycles. The van der Waals surface area contributed by atoms with E-state index in [9.17, 15) is 9.59 Å². The van der Waals surface area contributed by atoms with E-state index < -0.39 is 6.04 Å². The van der Waals surface area contributed by atoms with Crippen LogP contribution < -0.4 is 15.4 Å². The highest BCUT2D eigenvalue weighted by Crippen LogP contribution is 2.39. The number of carbonyl (C=O) groups is 2. The molecular weight excluding hydrogens is 416 g/mol. The molecule has 2 atom stereocenters. The molecule has 3 rings (SSSR count). The third-order valence-electron chi connectivity index (χ3n) is 4.52. The van der Waals surface area contributed by atoms with Gasteiger partial charge in [0.05, 0.1) is 11.6 Å². The molecule has 0 spiro atoms. The number of rotatable bonds is 8. The standard InChI is InChI=1S/C20H23ClN2O3S2/c1-12(24)23-18(4-5-27-2)20(25)22-10-16-8-15-7-14(13-3-6-28-11-13)9-17(21)19(15)26-16/h3,6-7,9,11,16,18H,4-5,8,10H2,1-2H3,(H,22,25)(H,23,24)/t16-,18-/m0/s1. The largest absolute Gasteiger partial charge is 0.486 e. The van der Waals surface area contributed by atoms with Crippen LogP contribution in [0.3, 0.4) is 0 Å². The van der Waals surface area contributed by atoms with Gasteiger partial charge in [-0.2, -0.15) is 23.1 Å². The molecule has 0 aliphatic carbocycles. The topological polar surface area (TPSA) is 67.4 Å². The van der Waals surface area contributed by atoms with Crippen LogP contribution in [0.5, 0.6) is 5.75 Å². The molecule has 28 heavy (non-hydrogen) atoms. The summed E-state index contributed by atoms with van der Waals surface area (Å²) in [7, 11) is 0. The van der Waals surface area contributed by atoms with E-state index in [2.05, 4.69) is 28.1 Å². The van der Waals surface area contributed by atoms with Crippen molar-refractivity contribution in [1.82, 2.24) is 10.6 Å². The van der Waals surface area contributed by atoms with Gasteiger partial charge in [-0.15, -0.1) is 0 Å². The van der Waals surface area contributed by atoms with Gasteiger partial charge in [0.2, 0.25) is 11.8 Å². The number of hydrogen-bond donors (Lipinski definition) is 2. The first-order valence-electron chi connectivity index (χ1n) is 9.03. The van der Waals surface area contributed by atoms with Crippen LogP contribution in [-0.4, -0.2) is 42.5 Å². The molecule has 1 aromatic carbocycles. The number of ether oxygens (including phenoxy) is 1. The van der Waals surface area contributed by atoms with Crippen LogP contribution >= 0.6 is 34.7 Å². The average Bonchev–Trinajstić information content (AvgIpc) is 3.32. The van der Waals surface area contributed by atoms with Crippen molar-refractivity contribution in [3.8, 4) is 16.9 Å². The zero-order valence-electron chi connectivity index (χ0n) is 15.8. The Bertz CT molecular complexity index is 842. The van der Waals surface area contributed by atoms with E-state index in [1.54, 1.807) is 23.1 Å². The Morgan fingerprint density at radius 1 is 1.39 bits per heavy atom. The molecular formula is C20H23ClN2O3S2. The van der Waals surface area contributed by atoms with E-state index in [0.29, 0.717) is 30.2 Å². The van der Waals surface area contributed by atoms with Gasteiger partial charge in [-0.25, -0.2) is 0 Å². The fourth-order valence-electron chi connectivity index (χ4n) is 3.18. The van der Waals surface area contributed by atoms with Gasteiger partial charge in [0, 0.05) is 18.9 Å². The first-order valence-corrected chi connectivity index (χ1v) is 11.7. The van der Waals surface area contributed by atoms with Crippen LogP contribution in [0, 0.1) is 0 Å². The fourth-order valence-corrected chi connectivity index (χ4v) is 4.60. The third kappa shape index (κ3) is 5.21. The van der Waals surface area contributed by atoms with Crippen molar-refractivity contribution < 1.29 is 14.3 Å². The maximum Gasteiger partial charge on any atom is 0.242 e. The van der Waals surface area contributed by atoms with E-state index in [4.69, 9.17) is 16.3 Å². The zero-order valence-corrected chi connectivity index (χ0v) is 18.2. The maximum absolute atomic E-state index is 12.5. The number of benzene rings is 1. The second kappa shape index (κ2) is 9.67. The lowest BCUT2D eigenvalue weighted by molar-refractivity contribution is -0.128. The summed E-state index contributed by atoms with van der Waals surface area (Å²) >= 11 is 9.71. The number of halogens is 1. The Kier molecular flexibility index (Phi) is 7.26. The van der Waals surface area contributed by atoms with Gasteiger partial charge in [0.15, 0.2) is 0 Å². The van der Waals surface area contributed by atoms with Crippen LogP contribution in [0.4, 0.5) is 0 Å². The maximum atomic E-state index is 12.5. The Hall–Kier alpha value is -1.70. The van der Waals surface area contributed by atoms with Crippen molar-refractivity contribution in [1.29, 1.82) is 0 Å². The summed E-state index contributed by atoms with van der Waals surface area (Å²) in [5.74, 6) is 1.10. The van der Waals surface area contributed by atoms with E-state index in [1.807, 2.05) is 17.7 Å². The predicted octanol–water partition coefficient (Wildman–Crippen LogP) is 3.75. The molecule has 0 unspecified atom stereocenters. The van der Waals surface area contributed by atoms with Crippen molar-refractivity contribution in [2.45, 2.75) is 31.9 Å². The van der Waals surface area contributed by atoms with Gasteiger partial charge >= 0.3 is 0 Å². The summed E-state index contributed by atoms with van der Waals surface area (Å²) in [6.07, 6.45) is 3.07. The van der Waals surface area contributed by atoms with Crippen LogP contribution in [0.1, 0.15) is 18.9 Å². The molecule has 0 bridgehead atoms. The lowest BCUT2D eigenvalue weighted by atomic mass is 10.0. The molecule has 2 aromatic rings. The summed E-state index contributed by atoms with van der Waals surface area (Å²) in [5, 5.41) is 10.3. The monoisotopic (exact) mass is 438 g/mol. The molecule has 0 fully saturated rings. The van der Waals surface area contributed by atoms with E-state index in [1.165, 1.54) is 6.92 Å². The lowest BCUT2D eigenvalue weighted by Crippen LogP contribution is -2.48. The molecule has 1 aliphatic rings. The summed E-state index contributed by atoms with van der Waals surface area (Å²) in [4.78, 5) is 23.8. The summed E-state index contributed by atoms with van der Waals surface area (Å²) in [6, 6.07) is 5.55. The Balaban J connectivity index is 1.60. The Morgan fingerprint density at radius 3 is 2.89 bits per heavy atom. The minimum atomic E-state index is -0.525. The van der Waals surface area contributed by atoms with Crippen molar-refractivity contribution in [3.63, 3.8) is 0 Å². The first-order chi connectivity index (χ1) is 13.5. The first kappa shape index (κ1) is 21.0. The highest BCUT2D eigenvalue weighted by Gasteiger charge is 2.27. The van der Waals surface area contributed by atoms with Gasteiger partial charge in [-0.3, -0.25) is 9.59 Å². The van der Waals surface area contributed by atoms with Gasteiger partial charge in [0.25, 0.3) is 0 Å². The second-order valence-electron chi connectivity index (χ2n) is 6.68. The molecule has 2 amide bonds. The molecule has 0 saturated heterocycles. The SMILES string of the molecule is CSCC[C@H](NC(C)=O)C(=O)NC[C@@H]1Cc2cc(-c3ccsc3)cc(Cl)c2O1. The number of carbonyl (C=O) groups excluding carboxylic acids is 2. The van der Waals surface area contributed by atoms with Crippen LogP contribution in [0.2, 0.25) is 5.02 Å². The van der Waals surface area contributed by atoms with Crippen LogP contribution in [-0.2, 0) is 16.0 Å². The van der Waals surface area contributed by atoms with Gasteiger partial charge in [-0.05, 0) is 58.5 Å². The lowest BCUT2D eigenvalue weighted by Gasteiger charge is -2.19. The number of thiophene rings is 1. The fraction of sp³-hybridized carbons (Fsp3) is 0.400. The molecule has 8 heteroatoms. The van der Waals surface area contributed by atoms with Crippen LogP contribution in [0.25, 0.3) is 11.1 Å². The van der Waals surface area contributed by atoms with Crippen molar-refractivity contribution in [2.24, 2.45) is 0 Å². The zero-order chi connectivity index (χ0) is 20.1. The van der Waals surface area contributed by atoms with Crippen molar-refractivity contribution in [2.75, 3.05) is 18.6 Å². The van der Waals surface area contributed by atoms with Crippen molar-refractivity contribution >= 4 is 46.5 Å². The van der Waals surface area contributed by atoms with Crippen LogP contribution in [0.15, 0.2) is 29.0 Å². The highest BCUT2D eigenvalue weighted by molar-refractivity contribution is 7.98.